The Morgan fingerprint density at radius 1 is 0.852 bits per heavy atom. The zero-order valence-electron chi connectivity index (χ0n) is 14.2. The van der Waals surface area contributed by atoms with Gasteiger partial charge in [0.15, 0.2) is 0 Å². The number of benzene rings is 2. The second-order valence-electron chi connectivity index (χ2n) is 5.16. The summed E-state index contributed by atoms with van der Waals surface area (Å²) < 4.78 is 14.4. The van der Waals surface area contributed by atoms with E-state index in [2.05, 4.69) is 4.74 Å². The zero-order chi connectivity index (χ0) is 19.8. The molecule has 27 heavy (non-hydrogen) atoms. The highest BCUT2D eigenvalue weighted by Gasteiger charge is 2.19. The maximum absolute atomic E-state index is 12.1. The molecule has 0 amide bonds. The summed E-state index contributed by atoms with van der Waals surface area (Å²) in [6.07, 6.45) is 0. The highest BCUT2D eigenvalue weighted by atomic mass is 16.6. The Hall–Kier alpha value is -3.75. The molecule has 0 heterocycles. The molecular weight excluding hydrogens is 358 g/mol. The molecule has 9 heteroatoms. The smallest absolute Gasteiger partial charge is 0.338 e. The van der Waals surface area contributed by atoms with Gasteiger partial charge in [-0.3, -0.25) is 10.1 Å². The fourth-order valence-electron chi connectivity index (χ4n) is 2.08. The van der Waals surface area contributed by atoms with Gasteiger partial charge in [0, 0.05) is 12.1 Å². The topological polar surface area (TPSA) is 122 Å². The van der Waals surface area contributed by atoms with E-state index in [-0.39, 0.29) is 24.3 Å². The van der Waals surface area contributed by atoms with E-state index in [9.17, 15) is 24.5 Å². The molecule has 0 bridgehead atoms. The molecule has 0 saturated heterocycles. The lowest BCUT2D eigenvalue weighted by Gasteiger charge is -2.07. The molecule has 0 saturated carbocycles. The first-order valence-electron chi connectivity index (χ1n) is 7.69. The van der Waals surface area contributed by atoms with Crippen molar-refractivity contribution < 1.29 is 33.5 Å². The van der Waals surface area contributed by atoms with E-state index in [1.807, 2.05) is 0 Å². The van der Waals surface area contributed by atoms with Crippen molar-refractivity contribution in [3.05, 3.63) is 75.3 Å². The van der Waals surface area contributed by atoms with Crippen LogP contribution in [-0.2, 0) is 14.2 Å². The van der Waals surface area contributed by atoms with Crippen molar-refractivity contribution in [1.29, 1.82) is 0 Å². The van der Waals surface area contributed by atoms with Crippen LogP contribution in [0.15, 0.2) is 48.5 Å². The molecule has 0 aliphatic heterocycles. The molecule has 0 aliphatic carbocycles. The lowest BCUT2D eigenvalue weighted by atomic mass is 10.1. The third-order valence-corrected chi connectivity index (χ3v) is 3.34. The van der Waals surface area contributed by atoms with Gasteiger partial charge in [0.1, 0.15) is 13.2 Å². The Morgan fingerprint density at radius 2 is 1.37 bits per heavy atom. The van der Waals surface area contributed by atoms with Crippen LogP contribution in [0, 0.1) is 10.1 Å². The maximum Gasteiger partial charge on any atom is 0.338 e. The Balaban J connectivity index is 1.97. The van der Waals surface area contributed by atoms with Crippen LogP contribution in [0.2, 0.25) is 0 Å². The third kappa shape index (κ3) is 5.36. The van der Waals surface area contributed by atoms with E-state index in [1.165, 1.54) is 0 Å². The number of ether oxygens (including phenoxy) is 3. The van der Waals surface area contributed by atoms with Crippen LogP contribution in [0.1, 0.15) is 31.1 Å². The Kier molecular flexibility index (Phi) is 6.59. The molecule has 0 fully saturated rings. The minimum absolute atomic E-state index is 0.158. The van der Waals surface area contributed by atoms with Crippen LogP contribution >= 0.6 is 0 Å². The SMILES string of the molecule is COC(=O)c1cc(C(=O)OCCOC(=O)c2ccccc2)cc([N+](=O)[O-])c1. The van der Waals surface area contributed by atoms with Crippen LogP contribution in [0.3, 0.4) is 0 Å². The molecule has 2 aromatic carbocycles. The number of methoxy groups -OCH3 is 1. The van der Waals surface area contributed by atoms with E-state index in [0.717, 1.165) is 25.3 Å². The highest BCUT2D eigenvalue weighted by Crippen LogP contribution is 2.19. The molecule has 9 nitrogen and oxygen atoms in total. The lowest BCUT2D eigenvalue weighted by Crippen LogP contribution is -2.15. The normalized spacial score (nSPS) is 9.96. The van der Waals surface area contributed by atoms with Gasteiger partial charge < -0.3 is 14.2 Å². The summed E-state index contributed by atoms with van der Waals surface area (Å²) in [5.41, 5.74) is -0.460. The average Bonchev–Trinajstić information content (AvgIpc) is 2.70. The zero-order valence-corrected chi connectivity index (χ0v) is 14.2. The van der Waals surface area contributed by atoms with Gasteiger partial charge in [0.05, 0.1) is 28.7 Å². The summed E-state index contributed by atoms with van der Waals surface area (Å²) in [7, 11) is 1.11. The predicted molar refractivity (Wildman–Crippen MR) is 91.4 cm³/mol. The second kappa shape index (κ2) is 9.09. The monoisotopic (exact) mass is 373 g/mol. The number of carbonyl (C=O) groups is 3. The summed E-state index contributed by atoms with van der Waals surface area (Å²) in [4.78, 5) is 45.6. The van der Waals surface area contributed by atoms with Crippen molar-refractivity contribution in [3.63, 3.8) is 0 Å². The van der Waals surface area contributed by atoms with Crippen LogP contribution in [-0.4, -0.2) is 43.2 Å². The van der Waals surface area contributed by atoms with Crippen molar-refractivity contribution in [1.82, 2.24) is 0 Å². The molecule has 0 spiro atoms. The van der Waals surface area contributed by atoms with Gasteiger partial charge in [0.25, 0.3) is 5.69 Å². The van der Waals surface area contributed by atoms with Crippen LogP contribution in [0.4, 0.5) is 5.69 Å². The number of non-ortho nitro benzene ring substituents is 1. The fraction of sp³-hybridized carbons (Fsp3) is 0.167. The van der Waals surface area contributed by atoms with E-state index >= 15 is 0 Å². The highest BCUT2D eigenvalue weighted by molar-refractivity contribution is 5.96. The van der Waals surface area contributed by atoms with Crippen LogP contribution in [0.5, 0.6) is 0 Å². The van der Waals surface area contributed by atoms with Gasteiger partial charge in [-0.2, -0.15) is 0 Å². The molecule has 2 aromatic rings. The molecule has 0 aliphatic rings. The van der Waals surface area contributed by atoms with Crippen molar-refractivity contribution in [3.8, 4) is 0 Å². The van der Waals surface area contributed by atoms with E-state index in [4.69, 9.17) is 9.47 Å². The molecule has 140 valence electrons. The van der Waals surface area contributed by atoms with Gasteiger partial charge in [-0.25, -0.2) is 14.4 Å². The molecule has 0 N–H and O–H groups in total. The molecule has 0 unspecified atom stereocenters. The minimum Gasteiger partial charge on any atom is -0.465 e. The summed E-state index contributed by atoms with van der Waals surface area (Å²) in [6.45, 7) is -0.452. The molecule has 0 radical (unpaired) electrons. The Morgan fingerprint density at radius 3 is 1.89 bits per heavy atom. The summed E-state index contributed by atoms with van der Waals surface area (Å²) >= 11 is 0. The molecule has 0 atom stereocenters. The van der Waals surface area contributed by atoms with Crippen molar-refractivity contribution in [2.75, 3.05) is 20.3 Å². The predicted octanol–water partition coefficient (Wildman–Crippen LogP) is 2.40. The quantitative estimate of drug-likeness (QED) is 0.238. The van der Waals surface area contributed by atoms with Gasteiger partial charge >= 0.3 is 17.9 Å². The molecule has 0 aromatic heterocycles. The maximum atomic E-state index is 12.1. The first-order chi connectivity index (χ1) is 12.9. The summed E-state index contributed by atoms with van der Waals surface area (Å²) in [6, 6.07) is 11.3. The van der Waals surface area contributed by atoms with Crippen LogP contribution in [0.25, 0.3) is 0 Å². The van der Waals surface area contributed by atoms with E-state index in [0.29, 0.717) is 5.56 Å². The first-order valence-corrected chi connectivity index (χ1v) is 7.69. The second-order valence-corrected chi connectivity index (χ2v) is 5.16. The minimum atomic E-state index is -0.903. The van der Waals surface area contributed by atoms with Crippen molar-refractivity contribution >= 4 is 23.6 Å². The lowest BCUT2D eigenvalue weighted by molar-refractivity contribution is -0.384. The Bertz CT molecular complexity index is 863. The number of hydrogen-bond donors (Lipinski definition) is 0. The third-order valence-electron chi connectivity index (χ3n) is 3.34. The molecule has 2 rings (SSSR count). The first kappa shape index (κ1) is 19.6. The standard InChI is InChI=1S/C18H15NO8/c1-25-16(20)13-9-14(11-15(10-13)19(23)24)18(22)27-8-7-26-17(21)12-5-3-2-4-6-12/h2-6,9-11H,7-8H2,1H3. The largest absolute Gasteiger partial charge is 0.465 e. The number of nitro benzene ring substituents is 1. The van der Waals surface area contributed by atoms with E-state index in [1.54, 1.807) is 30.3 Å². The number of carbonyl (C=O) groups excluding carboxylic acids is 3. The van der Waals surface area contributed by atoms with Crippen molar-refractivity contribution in [2.24, 2.45) is 0 Å². The van der Waals surface area contributed by atoms with Gasteiger partial charge in [-0.1, -0.05) is 18.2 Å². The number of esters is 3. The van der Waals surface area contributed by atoms with Gasteiger partial charge in [-0.05, 0) is 18.2 Å². The summed E-state index contributed by atoms with van der Waals surface area (Å²) in [5, 5.41) is 11.0. The van der Waals surface area contributed by atoms with Gasteiger partial charge in [-0.15, -0.1) is 0 Å². The van der Waals surface area contributed by atoms with Crippen LogP contribution < -0.4 is 0 Å². The Labute approximate surface area is 153 Å². The van der Waals surface area contributed by atoms with Crippen molar-refractivity contribution in [2.45, 2.75) is 0 Å². The van der Waals surface area contributed by atoms with E-state index < -0.39 is 28.5 Å². The number of nitro groups is 1. The average molecular weight is 373 g/mol. The molecular formula is C18H15NO8. The number of rotatable bonds is 7. The summed E-state index contributed by atoms with van der Waals surface area (Å²) in [5.74, 6) is -2.31. The van der Waals surface area contributed by atoms with Gasteiger partial charge in [0.2, 0.25) is 0 Å². The number of hydrogen-bond acceptors (Lipinski definition) is 8. The fourth-order valence-corrected chi connectivity index (χ4v) is 2.08. The number of nitrogens with zero attached hydrogens (tertiary/aromatic N) is 1.